The van der Waals surface area contributed by atoms with Gasteiger partial charge in [0, 0.05) is 39.3 Å². The summed E-state index contributed by atoms with van der Waals surface area (Å²) in [6.07, 6.45) is 3.21. The molecule has 134 valence electrons. The first kappa shape index (κ1) is 16.4. The Kier molecular flexibility index (Phi) is 3.98. The van der Waals surface area contributed by atoms with Gasteiger partial charge in [-0.15, -0.1) is 0 Å². The molecular weight excluding hydrogens is 342 g/mol. The molecule has 1 aliphatic heterocycles. The van der Waals surface area contributed by atoms with Crippen LogP contribution in [0, 0.1) is 11.6 Å². The van der Waals surface area contributed by atoms with E-state index in [0.717, 1.165) is 29.0 Å². The minimum absolute atomic E-state index is 0.114. The van der Waals surface area contributed by atoms with E-state index < -0.39 is 17.5 Å². The third-order valence-corrected chi connectivity index (χ3v) is 4.54. The van der Waals surface area contributed by atoms with Crippen LogP contribution in [-0.2, 0) is 7.05 Å². The molecule has 0 bridgehead atoms. The van der Waals surface area contributed by atoms with Gasteiger partial charge in [-0.05, 0) is 12.1 Å². The lowest BCUT2D eigenvalue weighted by atomic mass is 10.1. The molecule has 0 aliphatic carbocycles. The monoisotopic (exact) mass is 358 g/mol. The highest BCUT2D eigenvalue weighted by molar-refractivity contribution is 5.94. The molecule has 0 spiro atoms. The predicted octanol–water partition coefficient (Wildman–Crippen LogP) is 1.60. The minimum Gasteiger partial charge on any atom is -0.352 e. The largest absolute Gasteiger partial charge is 0.352 e. The summed E-state index contributed by atoms with van der Waals surface area (Å²) in [5.74, 6) is -1.21. The SMILES string of the molecule is Cn1ncc2c(N3CCN(C(=O)c4ccc(F)cc4F)CC3)ncnc21. The third kappa shape index (κ3) is 2.75. The van der Waals surface area contributed by atoms with E-state index in [9.17, 15) is 13.6 Å². The molecule has 4 rings (SSSR count). The fraction of sp³-hybridized carbons (Fsp3) is 0.294. The molecule has 2 aromatic heterocycles. The number of anilines is 1. The van der Waals surface area contributed by atoms with Crippen molar-refractivity contribution in [2.75, 3.05) is 31.1 Å². The first-order valence-electron chi connectivity index (χ1n) is 8.16. The summed E-state index contributed by atoms with van der Waals surface area (Å²) in [7, 11) is 1.81. The smallest absolute Gasteiger partial charge is 0.256 e. The molecule has 1 aromatic carbocycles. The lowest BCUT2D eigenvalue weighted by Crippen LogP contribution is -2.49. The van der Waals surface area contributed by atoms with Crippen molar-refractivity contribution in [2.24, 2.45) is 7.05 Å². The van der Waals surface area contributed by atoms with Gasteiger partial charge in [-0.1, -0.05) is 0 Å². The predicted molar refractivity (Wildman–Crippen MR) is 90.8 cm³/mol. The molecule has 0 atom stereocenters. The second kappa shape index (κ2) is 6.32. The summed E-state index contributed by atoms with van der Waals surface area (Å²) in [5, 5.41) is 5.05. The van der Waals surface area contributed by atoms with Crippen LogP contribution in [0.2, 0.25) is 0 Å². The van der Waals surface area contributed by atoms with Crippen LogP contribution in [0.3, 0.4) is 0 Å². The molecule has 3 aromatic rings. The maximum Gasteiger partial charge on any atom is 0.256 e. The number of rotatable bonds is 2. The van der Waals surface area contributed by atoms with Gasteiger partial charge < -0.3 is 9.80 Å². The second-order valence-corrected chi connectivity index (χ2v) is 6.11. The van der Waals surface area contributed by atoms with E-state index in [-0.39, 0.29) is 5.56 Å². The molecule has 0 saturated carbocycles. The number of fused-ring (bicyclic) bond motifs is 1. The average molecular weight is 358 g/mol. The van der Waals surface area contributed by atoms with Gasteiger partial charge in [0.25, 0.3) is 5.91 Å². The number of aromatic nitrogens is 4. The molecule has 1 saturated heterocycles. The minimum atomic E-state index is -0.842. The summed E-state index contributed by atoms with van der Waals surface area (Å²) in [5.41, 5.74) is 0.624. The van der Waals surface area contributed by atoms with Crippen LogP contribution in [0.15, 0.2) is 30.7 Å². The van der Waals surface area contributed by atoms with Gasteiger partial charge in [0.05, 0.1) is 17.1 Å². The molecule has 7 nitrogen and oxygen atoms in total. The zero-order chi connectivity index (χ0) is 18.3. The number of hydrogen-bond donors (Lipinski definition) is 0. The van der Waals surface area contributed by atoms with Crippen molar-refractivity contribution in [1.82, 2.24) is 24.6 Å². The van der Waals surface area contributed by atoms with Crippen molar-refractivity contribution in [3.8, 4) is 0 Å². The molecule has 0 unspecified atom stereocenters. The second-order valence-electron chi connectivity index (χ2n) is 6.11. The van der Waals surface area contributed by atoms with Crippen LogP contribution in [0.4, 0.5) is 14.6 Å². The van der Waals surface area contributed by atoms with Crippen molar-refractivity contribution in [2.45, 2.75) is 0 Å². The number of carbonyl (C=O) groups is 1. The summed E-state index contributed by atoms with van der Waals surface area (Å²) < 4.78 is 28.6. The van der Waals surface area contributed by atoms with Crippen LogP contribution < -0.4 is 4.90 Å². The quantitative estimate of drug-likeness (QED) is 0.696. The van der Waals surface area contributed by atoms with Gasteiger partial charge in [-0.2, -0.15) is 5.10 Å². The molecule has 1 amide bonds. The number of aryl methyl sites for hydroxylation is 1. The standard InChI is InChI=1S/C17H16F2N6O/c1-23-15-13(9-22-23)16(21-10-20-15)24-4-6-25(7-5-24)17(26)12-3-2-11(18)8-14(12)19/h2-3,8-10H,4-7H2,1H3. The lowest BCUT2D eigenvalue weighted by molar-refractivity contribution is 0.0742. The Balaban J connectivity index is 1.51. The zero-order valence-corrected chi connectivity index (χ0v) is 14.1. The van der Waals surface area contributed by atoms with E-state index in [0.29, 0.717) is 26.2 Å². The Morgan fingerprint density at radius 1 is 1.12 bits per heavy atom. The number of benzene rings is 1. The highest BCUT2D eigenvalue weighted by Gasteiger charge is 2.26. The van der Waals surface area contributed by atoms with E-state index >= 15 is 0 Å². The number of carbonyl (C=O) groups excluding carboxylic acids is 1. The Bertz CT molecular complexity index is 981. The van der Waals surface area contributed by atoms with E-state index in [4.69, 9.17) is 0 Å². The molecular formula is C17H16F2N6O. The molecule has 9 heteroatoms. The van der Waals surface area contributed by atoms with Crippen molar-refractivity contribution in [3.63, 3.8) is 0 Å². The van der Waals surface area contributed by atoms with E-state index in [1.807, 2.05) is 7.05 Å². The number of amides is 1. The Morgan fingerprint density at radius 2 is 1.88 bits per heavy atom. The van der Waals surface area contributed by atoms with E-state index in [2.05, 4.69) is 20.0 Å². The summed E-state index contributed by atoms with van der Waals surface area (Å²) in [6, 6.07) is 3.00. The van der Waals surface area contributed by atoms with Gasteiger partial charge >= 0.3 is 0 Å². The topological polar surface area (TPSA) is 67.2 Å². The van der Waals surface area contributed by atoms with Gasteiger partial charge in [-0.25, -0.2) is 18.7 Å². The zero-order valence-electron chi connectivity index (χ0n) is 14.1. The maximum atomic E-state index is 13.9. The maximum absolute atomic E-state index is 13.9. The molecule has 1 aliphatic rings. The molecule has 26 heavy (non-hydrogen) atoms. The van der Waals surface area contributed by atoms with Crippen LogP contribution in [0.5, 0.6) is 0 Å². The van der Waals surface area contributed by atoms with Crippen molar-refractivity contribution >= 4 is 22.8 Å². The Morgan fingerprint density at radius 3 is 2.62 bits per heavy atom. The fourth-order valence-corrected chi connectivity index (χ4v) is 3.16. The normalized spacial score (nSPS) is 14.9. The first-order valence-corrected chi connectivity index (χ1v) is 8.16. The molecule has 0 N–H and O–H groups in total. The fourth-order valence-electron chi connectivity index (χ4n) is 3.16. The number of piperazine rings is 1. The Labute approximate surface area is 147 Å². The van der Waals surface area contributed by atoms with Crippen LogP contribution in [0.1, 0.15) is 10.4 Å². The van der Waals surface area contributed by atoms with Crippen molar-refractivity contribution in [3.05, 3.63) is 47.9 Å². The number of nitrogens with zero attached hydrogens (tertiary/aromatic N) is 6. The summed E-state index contributed by atoms with van der Waals surface area (Å²) in [4.78, 5) is 24.7. The van der Waals surface area contributed by atoms with Crippen LogP contribution in [-0.4, -0.2) is 56.7 Å². The van der Waals surface area contributed by atoms with Crippen molar-refractivity contribution in [1.29, 1.82) is 0 Å². The highest BCUT2D eigenvalue weighted by Crippen LogP contribution is 2.23. The highest BCUT2D eigenvalue weighted by atomic mass is 19.1. The van der Waals surface area contributed by atoms with E-state index in [1.54, 1.807) is 15.8 Å². The van der Waals surface area contributed by atoms with Gasteiger partial charge in [-0.3, -0.25) is 9.48 Å². The molecule has 1 fully saturated rings. The summed E-state index contributed by atoms with van der Waals surface area (Å²) >= 11 is 0. The van der Waals surface area contributed by atoms with Gasteiger partial charge in [0.15, 0.2) is 5.65 Å². The third-order valence-electron chi connectivity index (χ3n) is 4.54. The van der Waals surface area contributed by atoms with Crippen LogP contribution in [0.25, 0.3) is 11.0 Å². The van der Waals surface area contributed by atoms with E-state index in [1.165, 1.54) is 12.4 Å². The van der Waals surface area contributed by atoms with Crippen molar-refractivity contribution < 1.29 is 13.6 Å². The molecule has 3 heterocycles. The number of hydrogen-bond acceptors (Lipinski definition) is 5. The average Bonchev–Trinajstić information content (AvgIpc) is 3.03. The van der Waals surface area contributed by atoms with Crippen LogP contribution >= 0.6 is 0 Å². The molecule has 0 radical (unpaired) electrons. The lowest BCUT2D eigenvalue weighted by Gasteiger charge is -2.35. The Hall–Kier alpha value is -3.10. The van der Waals surface area contributed by atoms with Gasteiger partial charge in [0.2, 0.25) is 0 Å². The first-order chi connectivity index (χ1) is 12.5. The number of halogens is 2. The summed E-state index contributed by atoms with van der Waals surface area (Å²) in [6.45, 7) is 1.94. The van der Waals surface area contributed by atoms with Gasteiger partial charge in [0.1, 0.15) is 23.8 Å².